The van der Waals surface area contributed by atoms with Crippen molar-refractivity contribution in [3.8, 4) is 0 Å². The lowest BCUT2D eigenvalue weighted by molar-refractivity contribution is -0.156. The van der Waals surface area contributed by atoms with Crippen molar-refractivity contribution < 1.29 is 9.59 Å². The van der Waals surface area contributed by atoms with Crippen LogP contribution in [0.5, 0.6) is 0 Å². The summed E-state index contributed by atoms with van der Waals surface area (Å²) in [5.41, 5.74) is -0.110. The molecular formula is C15H26N2O2. The Balaban J connectivity index is 2.28. The van der Waals surface area contributed by atoms with Crippen LogP contribution in [0.15, 0.2) is 0 Å². The number of piperazine rings is 1. The summed E-state index contributed by atoms with van der Waals surface area (Å²) in [6.07, 6.45) is 6.74. The Bertz CT molecular complexity index is 361. The Morgan fingerprint density at radius 2 is 1.89 bits per heavy atom. The average Bonchev–Trinajstić information content (AvgIpc) is 2.81. The monoisotopic (exact) mass is 266 g/mol. The van der Waals surface area contributed by atoms with Crippen molar-refractivity contribution in [1.82, 2.24) is 10.2 Å². The standard InChI is InChI=1S/C15H26N2O2/c1-4-8-11-14(19)17(12(5-2)13(18)16-11)15(3)9-6-7-10-15/h11-12H,4-10H2,1-3H3,(H,16,18). The van der Waals surface area contributed by atoms with Crippen LogP contribution in [0.2, 0.25) is 0 Å². The highest BCUT2D eigenvalue weighted by Crippen LogP contribution is 2.38. The van der Waals surface area contributed by atoms with Gasteiger partial charge in [-0.15, -0.1) is 0 Å². The van der Waals surface area contributed by atoms with Gasteiger partial charge in [0.1, 0.15) is 12.1 Å². The number of nitrogens with zero attached hydrogens (tertiary/aromatic N) is 1. The van der Waals surface area contributed by atoms with Crippen LogP contribution in [0, 0.1) is 0 Å². The Kier molecular flexibility index (Phi) is 4.16. The molecule has 2 rings (SSSR count). The summed E-state index contributed by atoms with van der Waals surface area (Å²) >= 11 is 0. The highest BCUT2D eigenvalue weighted by atomic mass is 16.2. The van der Waals surface area contributed by atoms with E-state index in [-0.39, 0.29) is 29.4 Å². The molecule has 0 aromatic rings. The lowest BCUT2D eigenvalue weighted by Gasteiger charge is -2.48. The molecular weight excluding hydrogens is 240 g/mol. The van der Waals surface area contributed by atoms with Gasteiger partial charge in [0.15, 0.2) is 0 Å². The molecule has 2 fully saturated rings. The van der Waals surface area contributed by atoms with Gasteiger partial charge in [-0.25, -0.2) is 0 Å². The molecule has 1 heterocycles. The van der Waals surface area contributed by atoms with Gasteiger partial charge in [-0.2, -0.15) is 0 Å². The summed E-state index contributed by atoms with van der Waals surface area (Å²) in [4.78, 5) is 26.9. The molecule has 1 aliphatic heterocycles. The van der Waals surface area contributed by atoms with Gasteiger partial charge in [0, 0.05) is 5.54 Å². The highest BCUT2D eigenvalue weighted by molar-refractivity contribution is 5.97. The van der Waals surface area contributed by atoms with E-state index < -0.39 is 0 Å². The van der Waals surface area contributed by atoms with Gasteiger partial charge in [-0.3, -0.25) is 9.59 Å². The van der Waals surface area contributed by atoms with Crippen molar-refractivity contribution in [2.45, 2.75) is 83.3 Å². The fourth-order valence-corrected chi connectivity index (χ4v) is 3.64. The van der Waals surface area contributed by atoms with Gasteiger partial charge < -0.3 is 10.2 Å². The largest absolute Gasteiger partial charge is 0.343 e. The van der Waals surface area contributed by atoms with Gasteiger partial charge in [0.25, 0.3) is 0 Å². The van der Waals surface area contributed by atoms with E-state index in [1.54, 1.807) is 0 Å². The normalized spacial score (nSPS) is 30.6. The smallest absolute Gasteiger partial charge is 0.246 e. The van der Waals surface area contributed by atoms with E-state index >= 15 is 0 Å². The van der Waals surface area contributed by atoms with Crippen molar-refractivity contribution in [2.24, 2.45) is 0 Å². The SMILES string of the molecule is CCCC1NC(=O)C(CC)N(C2(C)CCCC2)C1=O. The first-order valence-corrected chi connectivity index (χ1v) is 7.67. The quantitative estimate of drug-likeness (QED) is 0.848. The lowest BCUT2D eigenvalue weighted by atomic mass is 9.90. The Hall–Kier alpha value is -1.06. The van der Waals surface area contributed by atoms with Crippen LogP contribution in [0.3, 0.4) is 0 Å². The molecule has 2 atom stereocenters. The van der Waals surface area contributed by atoms with Crippen LogP contribution in [-0.2, 0) is 9.59 Å². The average molecular weight is 266 g/mol. The van der Waals surface area contributed by atoms with Gasteiger partial charge >= 0.3 is 0 Å². The minimum Gasteiger partial charge on any atom is -0.343 e. The highest BCUT2D eigenvalue weighted by Gasteiger charge is 2.48. The maximum Gasteiger partial charge on any atom is 0.246 e. The van der Waals surface area contributed by atoms with E-state index in [1.165, 1.54) is 0 Å². The van der Waals surface area contributed by atoms with Crippen molar-refractivity contribution >= 4 is 11.8 Å². The van der Waals surface area contributed by atoms with Crippen LogP contribution in [0.25, 0.3) is 0 Å². The third-order valence-corrected chi connectivity index (χ3v) is 4.69. The number of rotatable bonds is 4. The molecule has 19 heavy (non-hydrogen) atoms. The molecule has 2 unspecified atom stereocenters. The molecule has 0 radical (unpaired) electrons. The second-order valence-electron chi connectivity index (χ2n) is 6.19. The predicted molar refractivity (Wildman–Crippen MR) is 74.6 cm³/mol. The first-order valence-electron chi connectivity index (χ1n) is 7.67. The molecule has 1 saturated heterocycles. The van der Waals surface area contributed by atoms with Gasteiger partial charge in [-0.1, -0.05) is 33.1 Å². The van der Waals surface area contributed by atoms with E-state index in [9.17, 15) is 9.59 Å². The maximum atomic E-state index is 12.7. The minimum atomic E-state index is -0.308. The topological polar surface area (TPSA) is 49.4 Å². The molecule has 0 bridgehead atoms. The van der Waals surface area contributed by atoms with Gasteiger partial charge in [-0.05, 0) is 32.6 Å². The molecule has 108 valence electrons. The first kappa shape index (κ1) is 14.4. The molecule has 2 aliphatic rings. The molecule has 0 aromatic carbocycles. The second-order valence-corrected chi connectivity index (χ2v) is 6.19. The zero-order valence-corrected chi connectivity index (χ0v) is 12.4. The molecule has 0 aromatic heterocycles. The van der Waals surface area contributed by atoms with Crippen molar-refractivity contribution in [1.29, 1.82) is 0 Å². The summed E-state index contributed by atoms with van der Waals surface area (Å²) in [6.45, 7) is 6.19. The van der Waals surface area contributed by atoms with Crippen molar-refractivity contribution in [3.05, 3.63) is 0 Å². The molecule has 4 nitrogen and oxygen atoms in total. The summed E-state index contributed by atoms with van der Waals surface area (Å²) in [5, 5.41) is 2.91. The number of hydrogen-bond acceptors (Lipinski definition) is 2. The number of carbonyl (C=O) groups is 2. The summed E-state index contributed by atoms with van der Waals surface area (Å²) in [5.74, 6) is 0.173. The van der Waals surface area contributed by atoms with E-state index in [1.807, 2.05) is 18.7 Å². The molecule has 1 aliphatic carbocycles. The number of hydrogen-bond donors (Lipinski definition) is 1. The van der Waals surface area contributed by atoms with E-state index in [2.05, 4.69) is 12.2 Å². The molecule has 2 amide bonds. The van der Waals surface area contributed by atoms with Crippen molar-refractivity contribution in [3.63, 3.8) is 0 Å². The van der Waals surface area contributed by atoms with E-state index in [0.29, 0.717) is 6.42 Å². The summed E-state index contributed by atoms with van der Waals surface area (Å²) in [6, 6.07) is -0.582. The molecule has 1 saturated carbocycles. The maximum absolute atomic E-state index is 12.7. The molecule has 4 heteroatoms. The fraction of sp³-hybridized carbons (Fsp3) is 0.867. The Morgan fingerprint density at radius 3 is 2.42 bits per heavy atom. The number of nitrogens with one attached hydrogen (secondary N) is 1. The number of amides is 2. The zero-order chi connectivity index (χ0) is 14.0. The number of carbonyl (C=O) groups excluding carboxylic acids is 2. The third kappa shape index (κ3) is 2.49. The summed E-state index contributed by atoms with van der Waals surface area (Å²) in [7, 11) is 0. The summed E-state index contributed by atoms with van der Waals surface area (Å²) < 4.78 is 0. The Morgan fingerprint density at radius 1 is 1.26 bits per heavy atom. The van der Waals surface area contributed by atoms with Crippen LogP contribution in [0.4, 0.5) is 0 Å². The third-order valence-electron chi connectivity index (χ3n) is 4.69. The Labute approximate surface area is 115 Å². The van der Waals surface area contributed by atoms with E-state index in [0.717, 1.165) is 38.5 Å². The molecule has 0 spiro atoms. The van der Waals surface area contributed by atoms with Crippen LogP contribution >= 0.6 is 0 Å². The van der Waals surface area contributed by atoms with Crippen LogP contribution in [-0.4, -0.2) is 34.3 Å². The zero-order valence-electron chi connectivity index (χ0n) is 12.4. The van der Waals surface area contributed by atoms with Crippen LogP contribution in [0.1, 0.15) is 65.7 Å². The minimum absolute atomic E-state index is 0.0358. The van der Waals surface area contributed by atoms with Gasteiger partial charge in [0.05, 0.1) is 0 Å². The second kappa shape index (κ2) is 5.51. The first-order chi connectivity index (χ1) is 9.03. The molecule has 1 N–H and O–H groups in total. The van der Waals surface area contributed by atoms with E-state index in [4.69, 9.17) is 0 Å². The van der Waals surface area contributed by atoms with Crippen molar-refractivity contribution in [2.75, 3.05) is 0 Å². The van der Waals surface area contributed by atoms with Gasteiger partial charge in [0.2, 0.25) is 11.8 Å². The predicted octanol–water partition coefficient (Wildman–Crippen LogP) is 2.22. The fourth-order valence-electron chi connectivity index (χ4n) is 3.64. The lowest BCUT2D eigenvalue weighted by Crippen LogP contribution is -2.68. The van der Waals surface area contributed by atoms with Crippen LogP contribution < -0.4 is 5.32 Å².